The van der Waals surface area contributed by atoms with Gasteiger partial charge in [-0.3, -0.25) is 4.98 Å². The zero-order valence-electron chi connectivity index (χ0n) is 9.93. The summed E-state index contributed by atoms with van der Waals surface area (Å²) in [4.78, 5) is 15.5. The molecular weight excluding hydrogens is 266 g/mol. The molecule has 0 amide bonds. The number of pyridine rings is 1. The van der Waals surface area contributed by atoms with E-state index in [0.29, 0.717) is 16.3 Å². The second-order valence-corrected chi connectivity index (χ2v) is 4.01. The van der Waals surface area contributed by atoms with Crippen LogP contribution in [0.2, 0.25) is 5.02 Å². The molecule has 0 radical (unpaired) electrons. The first-order valence-corrected chi connectivity index (χ1v) is 5.85. The molecule has 1 aromatic carbocycles. The predicted molar refractivity (Wildman–Crippen MR) is 72.0 cm³/mol. The van der Waals surface area contributed by atoms with E-state index in [1.807, 2.05) is 6.07 Å². The van der Waals surface area contributed by atoms with Gasteiger partial charge in [0, 0.05) is 11.6 Å². The molecule has 0 saturated heterocycles. The lowest BCUT2D eigenvalue weighted by Gasteiger charge is -2.08. The molecule has 4 nitrogen and oxygen atoms in total. The molecule has 0 unspecified atom stereocenters. The number of rotatable bonds is 4. The Bertz CT molecular complexity index is 649. The third-order valence-electron chi connectivity index (χ3n) is 2.34. The predicted octanol–water partition coefficient (Wildman–Crippen LogP) is 2.44. The summed E-state index contributed by atoms with van der Waals surface area (Å²) in [5.74, 6) is 2.14. The number of hydrogen-bond acceptors (Lipinski definition) is 4. The molecule has 0 spiro atoms. The van der Waals surface area contributed by atoms with Crippen LogP contribution in [0.15, 0.2) is 30.5 Å². The highest BCUT2D eigenvalue weighted by Crippen LogP contribution is 2.29. The van der Waals surface area contributed by atoms with E-state index in [0.717, 1.165) is 5.39 Å². The first-order chi connectivity index (χ1) is 9.22. The van der Waals surface area contributed by atoms with Crippen molar-refractivity contribution in [2.45, 2.75) is 0 Å². The molecule has 1 heterocycles. The number of halogens is 1. The largest absolute Gasteiger partial charge is 0.480 e. The first kappa shape index (κ1) is 13.2. The van der Waals surface area contributed by atoms with Gasteiger partial charge in [0.2, 0.25) is 0 Å². The van der Waals surface area contributed by atoms with Gasteiger partial charge in [-0.1, -0.05) is 17.5 Å². The number of nitrogens with zero attached hydrogens (tertiary/aromatic N) is 1. The van der Waals surface area contributed by atoms with Gasteiger partial charge in [0.25, 0.3) is 0 Å². The van der Waals surface area contributed by atoms with Crippen molar-refractivity contribution in [3.05, 3.63) is 35.5 Å². The van der Waals surface area contributed by atoms with E-state index in [1.54, 1.807) is 24.4 Å². The average Bonchev–Trinajstić information content (AvgIpc) is 2.45. The molecule has 0 aliphatic carbocycles. The molecule has 0 N–H and O–H groups in total. The summed E-state index contributed by atoms with van der Waals surface area (Å²) in [6, 6.07) is 6.95. The van der Waals surface area contributed by atoms with Gasteiger partial charge >= 0.3 is 5.97 Å². The van der Waals surface area contributed by atoms with Gasteiger partial charge < -0.3 is 9.47 Å². The molecule has 0 aliphatic rings. The summed E-state index contributed by atoms with van der Waals surface area (Å²) < 4.78 is 10.1. The summed E-state index contributed by atoms with van der Waals surface area (Å²) in [5, 5.41) is 1.34. The number of benzene rings is 1. The van der Waals surface area contributed by atoms with Crippen molar-refractivity contribution < 1.29 is 14.3 Å². The maximum absolute atomic E-state index is 11.3. The molecule has 0 atom stereocenters. The first-order valence-electron chi connectivity index (χ1n) is 5.47. The quantitative estimate of drug-likeness (QED) is 0.635. The number of ether oxygens (including phenoxy) is 2. The Kier molecular flexibility index (Phi) is 4.22. The van der Waals surface area contributed by atoms with E-state index >= 15 is 0 Å². The number of aromatic nitrogens is 1. The highest BCUT2D eigenvalue weighted by Gasteiger charge is 2.09. The van der Waals surface area contributed by atoms with Gasteiger partial charge in [0.15, 0.2) is 13.2 Å². The minimum Gasteiger partial charge on any atom is -0.480 e. The van der Waals surface area contributed by atoms with E-state index in [2.05, 4.69) is 10.9 Å². The fraction of sp³-hybridized carbons (Fsp3) is 0.143. The highest BCUT2D eigenvalue weighted by atomic mass is 35.5. The van der Waals surface area contributed by atoms with Crippen LogP contribution in [0.4, 0.5) is 0 Å². The van der Waals surface area contributed by atoms with Crippen LogP contribution in [-0.4, -0.2) is 24.2 Å². The SMILES string of the molecule is C#CCOC(=O)COc1ccc(Cl)c2cccnc12. The van der Waals surface area contributed by atoms with Crippen LogP contribution in [0.5, 0.6) is 5.75 Å². The molecule has 2 rings (SSSR count). The molecule has 96 valence electrons. The lowest BCUT2D eigenvalue weighted by molar-refractivity contribution is -0.144. The Hall–Kier alpha value is -2.25. The van der Waals surface area contributed by atoms with Crippen LogP contribution in [0.3, 0.4) is 0 Å². The zero-order chi connectivity index (χ0) is 13.7. The molecular formula is C14H10ClNO3. The Morgan fingerprint density at radius 1 is 1.42 bits per heavy atom. The number of terminal acetylenes is 1. The molecule has 2 aromatic rings. The lowest BCUT2D eigenvalue weighted by Crippen LogP contribution is -2.15. The summed E-state index contributed by atoms with van der Waals surface area (Å²) >= 11 is 6.05. The Balaban J connectivity index is 2.16. The van der Waals surface area contributed by atoms with Crippen molar-refractivity contribution in [1.82, 2.24) is 4.98 Å². The fourth-order valence-corrected chi connectivity index (χ4v) is 1.74. The topological polar surface area (TPSA) is 48.4 Å². The molecule has 0 aliphatic heterocycles. The molecule has 0 saturated carbocycles. The summed E-state index contributed by atoms with van der Waals surface area (Å²) in [7, 11) is 0. The van der Waals surface area contributed by atoms with E-state index in [9.17, 15) is 4.79 Å². The third kappa shape index (κ3) is 3.15. The Morgan fingerprint density at radius 2 is 2.26 bits per heavy atom. The van der Waals surface area contributed by atoms with Crippen LogP contribution >= 0.6 is 11.6 Å². The van der Waals surface area contributed by atoms with E-state index in [1.165, 1.54) is 0 Å². The zero-order valence-corrected chi connectivity index (χ0v) is 10.7. The van der Waals surface area contributed by atoms with Crippen molar-refractivity contribution >= 4 is 28.5 Å². The van der Waals surface area contributed by atoms with E-state index in [-0.39, 0.29) is 13.2 Å². The standard InChI is InChI=1S/C14H10ClNO3/c1-2-8-18-13(17)9-19-12-6-5-11(15)10-4-3-7-16-14(10)12/h1,3-7H,8-9H2. The minimum atomic E-state index is -0.531. The van der Waals surface area contributed by atoms with Gasteiger partial charge in [-0.15, -0.1) is 6.42 Å². The lowest BCUT2D eigenvalue weighted by atomic mass is 10.2. The molecule has 1 aromatic heterocycles. The number of hydrogen-bond donors (Lipinski definition) is 0. The number of fused-ring (bicyclic) bond motifs is 1. The van der Waals surface area contributed by atoms with Crippen molar-refractivity contribution in [2.24, 2.45) is 0 Å². The van der Waals surface area contributed by atoms with Gasteiger partial charge in [-0.05, 0) is 24.3 Å². The maximum Gasteiger partial charge on any atom is 0.345 e. The van der Waals surface area contributed by atoms with Crippen LogP contribution in [-0.2, 0) is 9.53 Å². The van der Waals surface area contributed by atoms with Crippen molar-refractivity contribution in [1.29, 1.82) is 0 Å². The monoisotopic (exact) mass is 275 g/mol. The van der Waals surface area contributed by atoms with Gasteiger partial charge in [-0.2, -0.15) is 0 Å². The number of esters is 1. The van der Waals surface area contributed by atoms with E-state index < -0.39 is 5.97 Å². The van der Waals surface area contributed by atoms with E-state index in [4.69, 9.17) is 27.5 Å². The maximum atomic E-state index is 11.3. The second kappa shape index (κ2) is 6.07. The summed E-state index contributed by atoms with van der Waals surface area (Å²) in [5.41, 5.74) is 0.597. The molecule has 19 heavy (non-hydrogen) atoms. The minimum absolute atomic E-state index is 0.0676. The summed E-state index contributed by atoms with van der Waals surface area (Å²) in [6.07, 6.45) is 6.61. The van der Waals surface area contributed by atoms with Gasteiger partial charge in [-0.25, -0.2) is 4.79 Å². The normalized spacial score (nSPS) is 9.89. The Labute approximate surface area is 115 Å². The highest BCUT2D eigenvalue weighted by molar-refractivity contribution is 6.35. The third-order valence-corrected chi connectivity index (χ3v) is 2.67. The van der Waals surface area contributed by atoms with Crippen LogP contribution < -0.4 is 4.74 Å². The molecule has 0 bridgehead atoms. The van der Waals surface area contributed by atoms with Crippen molar-refractivity contribution in [2.75, 3.05) is 13.2 Å². The smallest absolute Gasteiger partial charge is 0.345 e. The molecule has 5 heteroatoms. The number of carbonyl (C=O) groups is 1. The van der Waals surface area contributed by atoms with Gasteiger partial charge in [0.1, 0.15) is 11.3 Å². The van der Waals surface area contributed by atoms with Crippen molar-refractivity contribution in [3.8, 4) is 18.1 Å². The number of carbonyl (C=O) groups excluding carboxylic acids is 1. The van der Waals surface area contributed by atoms with Crippen LogP contribution in [0.25, 0.3) is 10.9 Å². The molecule has 0 fully saturated rings. The average molecular weight is 276 g/mol. The van der Waals surface area contributed by atoms with Crippen LogP contribution in [0.1, 0.15) is 0 Å². The summed E-state index contributed by atoms with van der Waals surface area (Å²) in [6.45, 7) is -0.295. The van der Waals surface area contributed by atoms with Gasteiger partial charge in [0.05, 0.1) is 5.02 Å². The Morgan fingerprint density at radius 3 is 3.05 bits per heavy atom. The second-order valence-electron chi connectivity index (χ2n) is 3.60. The van der Waals surface area contributed by atoms with Crippen LogP contribution in [0, 0.1) is 12.3 Å². The fourth-order valence-electron chi connectivity index (χ4n) is 1.53. The van der Waals surface area contributed by atoms with Crippen molar-refractivity contribution in [3.63, 3.8) is 0 Å².